The maximum Gasteiger partial charge on any atom is 0.338 e. The van der Waals surface area contributed by atoms with Gasteiger partial charge in [0.05, 0.1) is 31.8 Å². The van der Waals surface area contributed by atoms with Crippen LogP contribution in [0.4, 0.5) is 5.69 Å². The van der Waals surface area contributed by atoms with Crippen molar-refractivity contribution in [3.8, 4) is 5.75 Å². The number of halogens is 3. The summed E-state index contributed by atoms with van der Waals surface area (Å²) in [4.78, 5) is 43.4. The highest BCUT2D eigenvalue weighted by molar-refractivity contribution is 9.10. The number of thiazole rings is 1. The molecule has 0 radical (unpaired) electrons. The van der Waals surface area contributed by atoms with E-state index in [2.05, 4.69) is 36.9 Å². The summed E-state index contributed by atoms with van der Waals surface area (Å²) >= 11 is 14.4. The number of fused-ring (bicyclic) bond motifs is 1. The van der Waals surface area contributed by atoms with Crippen LogP contribution in [0.2, 0.25) is 5.02 Å². The van der Waals surface area contributed by atoms with Crippen molar-refractivity contribution in [3.63, 3.8) is 0 Å². The van der Waals surface area contributed by atoms with Crippen molar-refractivity contribution >= 4 is 72.5 Å². The minimum atomic E-state index is -0.874. The Morgan fingerprint density at radius 2 is 1.91 bits per heavy atom. The first-order valence-electron chi connectivity index (χ1n) is 12.9. The molecule has 5 rings (SSSR count). The number of nitro benzene ring substituents is 1. The van der Waals surface area contributed by atoms with Gasteiger partial charge >= 0.3 is 11.7 Å². The quantitative estimate of drug-likeness (QED) is 0.116. The van der Waals surface area contributed by atoms with E-state index >= 15 is 0 Å². The van der Waals surface area contributed by atoms with Gasteiger partial charge in [-0.2, -0.15) is 0 Å². The van der Waals surface area contributed by atoms with Crippen molar-refractivity contribution in [1.82, 2.24) is 4.57 Å². The van der Waals surface area contributed by atoms with E-state index in [-0.39, 0.29) is 34.8 Å². The SMILES string of the molecule is CCOC(=O)C1=C(C)N=c2s/c(=C\c3cc(Br)c(OCc4ccc(Br)cc4)c([N+](=O)[O-])c3)c(=O)n2[C@@H]1c1ccccc1Cl. The fourth-order valence-electron chi connectivity index (χ4n) is 4.63. The summed E-state index contributed by atoms with van der Waals surface area (Å²) in [7, 11) is 0. The third-order valence-corrected chi connectivity index (χ3v) is 9.00. The van der Waals surface area contributed by atoms with Crippen LogP contribution in [0.15, 0.2) is 90.7 Å². The van der Waals surface area contributed by atoms with Crippen molar-refractivity contribution in [2.24, 2.45) is 4.99 Å². The van der Waals surface area contributed by atoms with Gasteiger partial charge in [-0.05, 0) is 76.8 Å². The largest absolute Gasteiger partial charge is 0.481 e. The standard InChI is InChI=1S/C30H22Br2ClN3O6S/c1-3-41-29(38)25-16(2)34-30-35(26(25)20-6-4-5-7-22(20)33)28(37)24(43-30)14-18-12-21(32)27(23(13-18)36(39)40)42-15-17-8-10-19(31)11-9-17/h4-14,26H,3,15H2,1-2H3/b24-14-/t26-/m1/s1. The number of nitro groups is 1. The van der Waals surface area contributed by atoms with Gasteiger partial charge in [-0.3, -0.25) is 19.5 Å². The first kappa shape index (κ1) is 30.9. The van der Waals surface area contributed by atoms with Gasteiger partial charge in [0.25, 0.3) is 5.56 Å². The van der Waals surface area contributed by atoms with Crippen LogP contribution in [0.5, 0.6) is 5.75 Å². The monoisotopic (exact) mass is 745 g/mol. The number of esters is 1. The molecule has 0 N–H and O–H groups in total. The molecular weight excluding hydrogens is 726 g/mol. The lowest BCUT2D eigenvalue weighted by molar-refractivity contribution is -0.386. The summed E-state index contributed by atoms with van der Waals surface area (Å²) in [6.45, 7) is 3.64. The average molecular weight is 748 g/mol. The molecule has 2 heterocycles. The molecular formula is C30H22Br2ClN3O6S. The molecule has 4 aromatic rings. The molecule has 220 valence electrons. The van der Waals surface area contributed by atoms with Crippen LogP contribution in [0.25, 0.3) is 6.08 Å². The predicted octanol–water partition coefficient (Wildman–Crippen LogP) is 6.46. The first-order valence-corrected chi connectivity index (χ1v) is 15.7. The molecule has 0 saturated heterocycles. The first-order chi connectivity index (χ1) is 20.6. The second kappa shape index (κ2) is 13.0. The van der Waals surface area contributed by atoms with E-state index in [1.54, 1.807) is 50.3 Å². The third-order valence-electron chi connectivity index (χ3n) is 6.55. The van der Waals surface area contributed by atoms with Gasteiger partial charge in [0.2, 0.25) is 5.75 Å². The number of aromatic nitrogens is 1. The Hall–Kier alpha value is -3.58. The summed E-state index contributed by atoms with van der Waals surface area (Å²) in [6, 6.07) is 16.5. The van der Waals surface area contributed by atoms with Crippen molar-refractivity contribution in [3.05, 3.63) is 132 Å². The van der Waals surface area contributed by atoms with Gasteiger partial charge < -0.3 is 9.47 Å². The Labute approximate surface area is 271 Å². The lowest BCUT2D eigenvalue weighted by Crippen LogP contribution is -2.40. The summed E-state index contributed by atoms with van der Waals surface area (Å²) in [5.41, 5.74) is 1.69. The van der Waals surface area contributed by atoms with E-state index in [1.807, 2.05) is 24.3 Å². The lowest BCUT2D eigenvalue weighted by atomic mass is 9.96. The van der Waals surface area contributed by atoms with Crippen LogP contribution in [-0.2, 0) is 16.1 Å². The lowest BCUT2D eigenvalue weighted by Gasteiger charge is -2.25. The number of carbonyl (C=O) groups excluding carboxylic acids is 1. The fraction of sp³-hybridized carbons (Fsp3) is 0.167. The van der Waals surface area contributed by atoms with Gasteiger partial charge in [0.1, 0.15) is 12.6 Å². The van der Waals surface area contributed by atoms with Crippen molar-refractivity contribution in [2.45, 2.75) is 26.5 Å². The highest BCUT2D eigenvalue weighted by Gasteiger charge is 2.34. The normalized spacial score (nSPS) is 14.7. The number of rotatable bonds is 8. The molecule has 0 saturated carbocycles. The van der Waals surface area contributed by atoms with Crippen LogP contribution in [0.3, 0.4) is 0 Å². The van der Waals surface area contributed by atoms with Crippen LogP contribution < -0.4 is 19.6 Å². The topological polar surface area (TPSA) is 113 Å². The van der Waals surface area contributed by atoms with Gasteiger partial charge in [0.15, 0.2) is 4.80 Å². The van der Waals surface area contributed by atoms with E-state index in [9.17, 15) is 19.7 Å². The summed E-state index contributed by atoms with van der Waals surface area (Å²) in [5.74, 6) is -0.527. The van der Waals surface area contributed by atoms with Gasteiger partial charge in [-0.15, -0.1) is 0 Å². The van der Waals surface area contributed by atoms with Crippen LogP contribution in [0, 0.1) is 10.1 Å². The molecule has 0 aliphatic carbocycles. The Kier molecular flexibility index (Phi) is 9.30. The highest BCUT2D eigenvalue weighted by Crippen LogP contribution is 2.38. The molecule has 0 unspecified atom stereocenters. The zero-order chi connectivity index (χ0) is 30.8. The van der Waals surface area contributed by atoms with Crippen molar-refractivity contribution in [2.75, 3.05) is 6.61 Å². The van der Waals surface area contributed by atoms with Crippen LogP contribution >= 0.6 is 54.8 Å². The smallest absolute Gasteiger partial charge is 0.338 e. The molecule has 1 aliphatic heterocycles. The summed E-state index contributed by atoms with van der Waals surface area (Å²) in [6.07, 6.45) is 1.55. The molecule has 1 aliphatic rings. The Bertz CT molecular complexity index is 1970. The fourth-order valence-corrected chi connectivity index (χ4v) is 6.76. The molecule has 0 spiro atoms. The zero-order valence-corrected chi connectivity index (χ0v) is 27.4. The van der Waals surface area contributed by atoms with Gasteiger partial charge in [-0.25, -0.2) is 9.79 Å². The minimum Gasteiger partial charge on any atom is -0.481 e. The number of carbonyl (C=O) groups is 1. The number of hydrogen-bond acceptors (Lipinski definition) is 8. The van der Waals surface area contributed by atoms with E-state index < -0.39 is 22.5 Å². The molecule has 9 nitrogen and oxygen atoms in total. The summed E-state index contributed by atoms with van der Waals surface area (Å²) < 4.78 is 14.1. The van der Waals surface area contributed by atoms with E-state index in [1.165, 1.54) is 10.6 Å². The number of ether oxygens (including phenoxy) is 2. The summed E-state index contributed by atoms with van der Waals surface area (Å²) in [5, 5.41) is 12.4. The molecule has 13 heteroatoms. The number of benzene rings is 3. The molecule has 3 aromatic carbocycles. The number of nitrogens with zero attached hydrogens (tertiary/aromatic N) is 3. The molecule has 0 amide bonds. The third kappa shape index (κ3) is 6.37. The molecule has 0 bridgehead atoms. The van der Waals surface area contributed by atoms with Gasteiger partial charge in [0, 0.05) is 15.6 Å². The molecule has 1 aromatic heterocycles. The second-order valence-electron chi connectivity index (χ2n) is 9.35. The minimum absolute atomic E-state index is 0.0694. The average Bonchev–Trinajstić information content (AvgIpc) is 3.26. The van der Waals surface area contributed by atoms with E-state index in [0.29, 0.717) is 31.1 Å². The van der Waals surface area contributed by atoms with Crippen molar-refractivity contribution < 1.29 is 19.2 Å². The maximum absolute atomic E-state index is 13.9. The van der Waals surface area contributed by atoms with Crippen LogP contribution in [-0.4, -0.2) is 22.1 Å². The highest BCUT2D eigenvalue weighted by atomic mass is 79.9. The Morgan fingerprint density at radius 1 is 1.19 bits per heavy atom. The second-order valence-corrected chi connectivity index (χ2v) is 12.5. The van der Waals surface area contributed by atoms with E-state index in [0.717, 1.165) is 21.4 Å². The predicted molar refractivity (Wildman–Crippen MR) is 171 cm³/mol. The molecule has 0 fully saturated rings. The van der Waals surface area contributed by atoms with E-state index in [4.69, 9.17) is 21.1 Å². The van der Waals surface area contributed by atoms with Crippen LogP contribution in [0.1, 0.15) is 36.6 Å². The van der Waals surface area contributed by atoms with Crippen molar-refractivity contribution in [1.29, 1.82) is 0 Å². The molecule has 43 heavy (non-hydrogen) atoms. The number of allylic oxidation sites excluding steroid dienone is 1. The number of hydrogen-bond donors (Lipinski definition) is 0. The zero-order valence-electron chi connectivity index (χ0n) is 22.7. The Morgan fingerprint density at radius 3 is 2.58 bits per heavy atom. The molecule has 1 atom stereocenters. The Balaban J connectivity index is 1.60. The maximum atomic E-state index is 13.9. The van der Waals surface area contributed by atoms with Gasteiger partial charge in [-0.1, -0.05) is 69.2 Å².